The molecule has 1 heterocycles. The molecule has 1 saturated carbocycles. The van der Waals surface area contributed by atoms with E-state index in [4.69, 9.17) is 4.74 Å². The van der Waals surface area contributed by atoms with Gasteiger partial charge in [-0.25, -0.2) is 0 Å². The molecule has 0 radical (unpaired) electrons. The number of hydrogen-bond acceptors (Lipinski definition) is 6. The minimum atomic E-state index is 0.367. The van der Waals surface area contributed by atoms with E-state index in [-0.39, 0.29) is 0 Å². The van der Waals surface area contributed by atoms with Crippen molar-refractivity contribution in [2.45, 2.75) is 46.1 Å². The molecular formula is C14H25N5O. The molecule has 1 aromatic heterocycles. The number of aromatic nitrogens is 3. The first-order valence-electron chi connectivity index (χ1n) is 7.47. The molecule has 3 atom stereocenters. The fourth-order valence-corrected chi connectivity index (χ4v) is 2.68. The van der Waals surface area contributed by atoms with E-state index in [9.17, 15) is 0 Å². The summed E-state index contributed by atoms with van der Waals surface area (Å²) in [5.74, 6) is 2.48. The van der Waals surface area contributed by atoms with E-state index >= 15 is 0 Å². The summed E-state index contributed by atoms with van der Waals surface area (Å²) in [6.45, 7) is 7.08. The molecule has 1 aromatic rings. The molecule has 1 aliphatic carbocycles. The number of anilines is 2. The summed E-state index contributed by atoms with van der Waals surface area (Å²) in [4.78, 5) is 12.9. The van der Waals surface area contributed by atoms with Gasteiger partial charge in [0.15, 0.2) is 0 Å². The predicted molar refractivity (Wildman–Crippen MR) is 80.1 cm³/mol. The maximum absolute atomic E-state index is 5.38. The summed E-state index contributed by atoms with van der Waals surface area (Å²) in [5.41, 5.74) is 0. The van der Waals surface area contributed by atoms with Crippen LogP contribution in [0.3, 0.4) is 0 Å². The number of ether oxygens (including phenoxy) is 1. The smallest absolute Gasteiger partial charge is 0.323 e. The van der Waals surface area contributed by atoms with Crippen LogP contribution in [0.1, 0.15) is 40.0 Å². The van der Waals surface area contributed by atoms with Gasteiger partial charge in [-0.2, -0.15) is 15.0 Å². The zero-order valence-corrected chi connectivity index (χ0v) is 12.8. The van der Waals surface area contributed by atoms with Gasteiger partial charge in [-0.15, -0.1) is 0 Å². The van der Waals surface area contributed by atoms with Crippen molar-refractivity contribution in [3.63, 3.8) is 0 Å². The average molecular weight is 279 g/mol. The third kappa shape index (κ3) is 3.49. The fourth-order valence-electron chi connectivity index (χ4n) is 2.68. The van der Waals surface area contributed by atoms with Gasteiger partial charge in [0, 0.05) is 13.1 Å². The van der Waals surface area contributed by atoms with Crippen LogP contribution in [0.15, 0.2) is 0 Å². The summed E-state index contributed by atoms with van der Waals surface area (Å²) >= 11 is 0. The van der Waals surface area contributed by atoms with Crippen molar-refractivity contribution in [1.82, 2.24) is 15.0 Å². The molecular weight excluding hydrogens is 254 g/mol. The van der Waals surface area contributed by atoms with Crippen LogP contribution in [0.4, 0.5) is 11.9 Å². The molecule has 6 nitrogen and oxygen atoms in total. The van der Waals surface area contributed by atoms with E-state index in [1.165, 1.54) is 12.8 Å². The Bertz CT molecular complexity index is 440. The Balaban J connectivity index is 2.13. The highest BCUT2D eigenvalue weighted by atomic mass is 16.5. The SMILES string of the molecule is CCOc1nc(NC)nc(NC2CCCC(C)C2C)n1. The second-order valence-electron chi connectivity index (χ2n) is 5.47. The lowest BCUT2D eigenvalue weighted by molar-refractivity contribution is 0.252. The van der Waals surface area contributed by atoms with Crippen LogP contribution >= 0.6 is 0 Å². The van der Waals surface area contributed by atoms with Crippen LogP contribution in [0, 0.1) is 11.8 Å². The highest BCUT2D eigenvalue weighted by molar-refractivity contribution is 5.36. The Morgan fingerprint density at radius 3 is 2.60 bits per heavy atom. The van der Waals surface area contributed by atoms with Gasteiger partial charge in [-0.1, -0.05) is 26.7 Å². The molecule has 0 spiro atoms. The summed E-state index contributed by atoms with van der Waals surface area (Å²) in [7, 11) is 1.79. The van der Waals surface area contributed by atoms with Gasteiger partial charge < -0.3 is 15.4 Å². The van der Waals surface area contributed by atoms with E-state index in [1.807, 2.05) is 6.92 Å². The van der Waals surface area contributed by atoms with Crippen molar-refractivity contribution in [1.29, 1.82) is 0 Å². The van der Waals surface area contributed by atoms with Crippen LogP contribution < -0.4 is 15.4 Å². The monoisotopic (exact) mass is 279 g/mol. The van der Waals surface area contributed by atoms with Gasteiger partial charge in [0.05, 0.1) is 6.61 Å². The van der Waals surface area contributed by atoms with Gasteiger partial charge in [-0.05, 0) is 25.2 Å². The normalized spacial score (nSPS) is 26.1. The molecule has 112 valence electrons. The van der Waals surface area contributed by atoms with Crippen LogP contribution in [0.5, 0.6) is 6.01 Å². The van der Waals surface area contributed by atoms with Crippen LogP contribution in [-0.4, -0.2) is 34.6 Å². The maximum atomic E-state index is 5.38. The highest BCUT2D eigenvalue weighted by Crippen LogP contribution is 2.31. The predicted octanol–water partition coefficient (Wildman–Crippen LogP) is 2.55. The second kappa shape index (κ2) is 6.72. The van der Waals surface area contributed by atoms with E-state index in [0.29, 0.717) is 36.5 Å². The summed E-state index contributed by atoms with van der Waals surface area (Å²) in [5, 5.41) is 6.39. The number of rotatable bonds is 5. The van der Waals surface area contributed by atoms with Gasteiger partial charge in [0.25, 0.3) is 0 Å². The molecule has 0 aromatic carbocycles. The Morgan fingerprint density at radius 2 is 1.90 bits per heavy atom. The van der Waals surface area contributed by atoms with E-state index < -0.39 is 0 Å². The van der Waals surface area contributed by atoms with Gasteiger partial charge >= 0.3 is 6.01 Å². The molecule has 0 amide bonds. The van der Waals surface area contributed by atoms with Crippen molar-refractivity contribution in [3.8, 4) is 6.01 Å². The summed E-state index contributed by atoms with van der Waals surface area (Å²) < 4.78 is 5.38. The Labute approximate surface area is 120 Å². The van der Waals surface area contributed by atoms with Crippen molar-refractivity contribution in [2.24, 2.45) is 11.8 Å². The quantitative estimate of drug-likeness (QED) is 0.863. The van der Waals surface area contributed by atoms with Crippen molar-refractivity contribution in [2.75, 3.05) is 24.3 Å². The molecule has 1 aliphatic rings. The molecule has 0 bridgehead atoms. The topological polar surface area (TPSA) is 72.0 Å². The first-order valence-corrected chi connectivity index (χ1v) is 7.47. The highest BCUT2D eigenvalue weighted by Gasteiger charge is 2.27. The third-order valence-electron chi connectivity index (χ3n) is 4.13. The van der Waals surface area contributed by atoms with Crippen molar-refractivity contribution in [3.05, 3.63) is 0 Å². The standard InChI is InChI=1S/C14H25N5O/c1-5-20-14-18-12(15-4)17-13(19-14)16-11-8-6-7-9(2)10(11)3/h9-11H,5-8H2,1-4H3,(H2,15,16,17,18,19). The number of nitrogens with one attached hydrogen (secondary N) is 2. The molecule has 6 heteroatoms. The largest absolute Gasteiger partial charge is 0.464 e. The molecule has 0 aliphatic heterocycles. The molecule has 0 saturated heterocycles. The minimum absolute atomic E-state index is 0.367. The lowest BCUT2D eigenvalue weighted by Crippen LogP contribution is -2.35. The lowest BCUT2D eigenvalue weighted by atomic mass is 9.78. The van der Waals surface area contributed by atoms with Crippen LogP contribution in [0.25, 0.3) is 0 Å². The van der Waals surface area contributed by atoms with Crippen molar-refractivity contribution >= 4 is 11.9 Å². The number of nitrogens with zero attached hydrogens (tertiary/aromatic N) is 3. The lowest BCUT2D eigenvalue weighted by Gasteiger charge is -2.34. The third-order valence-corrected chi connectivity index (χ3v) is 4.13. The Hall–Kier alpha value is -1.59. The molecule has 1 fully saturated rings. The van der Waals surface area contributed by atoms with E-state index in [1.54, 1.807) is 7.05 Å². The van der Waals surface area contributed by atoms with E-state index in [0.717, 1.165) is 12.3 Å². The van der Waals surface area contributed by atoms with E-state index in [2.05, 4.69) is 39.4 Å². The van der Waals surface area contributed by atoms with Crippen LogP contribution in [0.2, 0.25) is 0 Å². The zero-order valence-electron chi connectivity index (χ0n) is 12.8. The maximum Gasteiger partial charge on any atom is 0.323 e. The molecule has 2 rings (SSSR count). The molecule has 20 heavy (non-hydrogen) atoms. The molecule has 2 N–H and O–H groups in total. The van der Waals surface area contributed by atoms with Gasteiger partial charge in [-0.3, -0.25) is 0 Å². The van der Waals surface area contributed by atoms with Crippen molar-refractivity contribution < 1.29 is 4.74 Å². The number of hydrogen-bond donors (Lipinski definition) is 2. The minimum Gasteiger partial charge on any atom is -0.464 e. The van der Waals surface area contributed by atoms with Crippen LogP contribution in [-0.2, 0) is 0 Å². The Morgan fingerprint density at radius 1 is 1.15 bits per heavy atom. The first-order chi connectivity index (χ1) is 9.63. The van der Waals surface area contributed by atoms with Gasteiger partial charge in [0.1, 0.15) is 0 Å². The zero-order chi connectivity index (χ0) is 14.5. The second-order valence-corrected chi connectivity index (χ2v) is 5.47. The summed E-state index contributed by atoms with van der Waals surface area (Å²) in [6.07, 6.45) is 3.73. The fraction of sp³-hybridized carbons (Fsp3) is 0.786. The summed E-state index contributed by atoms with van der Waals surface area (Å²) in [6, 6.07) is 0.784. The van der Waals surface area contributed by atoms with Gasteiger partial charge in [0.2, 0.25) is 11.9 Å². The Kier molecular flexibility index (Phi) is 4.98. The first kappa shape index (κ1) is 14.8. The average Bonchev–Trinajstić information content (AvgIpc) is 2.44. The molecule has 3 unspecified atom stereocenters.